The molecule has 1 saturated heterocycles. The van der Waals surface area contributed by atoms with Crippen molar-refractivity contribution in [2.75, 3.05) is 31.5 Å². The summed E-state index contributed by atoms with van der Waals surface area (Å²) in [5.41, 5.74) is 6.41. The first-order chi connectivity index (χ1) is 16.6. The van der Waals surface area contributed by atoms with E-state index < -0.39 is 24.0 Å². The number of nitrogens with two attached hydrogens (primary N) is 1. The predicted molar refractivity (Wildman–Crippen MR) is 130 cm³/mol. The van der Waals surface area contributed by atoms with Gasteiger partial charge in [0.15, 0.2) is 0 Å². The van der Waals surface area contributed by atoms with Crippen LogP contribution in [0.1, 0.15) is 45.4 Å². The van der Waals surface area contributed by atoms with E-state index in [1.807, 2.05) is 38.1 Å². The third-order valence-electron chi connectivity index (χ3n) is 7.36. The first-order valence-electron chi connectivity index (χ1n) is 12.5. The molecule has 0 bridgehead atoms. The molecule has 2 heterocycles. The van der Waals surface area contributed by atoms with E-state index in [4.69, 9.17) is 15.7 Å². The van der Waals surface area contributed by atoms with Crippen molar-refractivity contribution < 1.29 is 18.0 Å². The Kier molecular flexibility index (Phi) is 7.80. The second kappa shape index (κ2) is 10.7. The zero-order valence-corrected chi connectivity index (χ0v) is 20.4. The Hall–Kier alpha value is -2.46. The molecular formula is C25H35F3N6O. The lowest BCUT2D eigenvalue weighted by Crippen LogP contribution is -2.51. The van der Waals surface area contributed by atoms with Gasteiger partial charge in [-0.05, 0) is 43.7 Å². The molecule has 35 heavy (non-hydrogen) atoms. The zero-order chi connectivity index (χ0) is 25.2. The minimum atomic E-state index is -4.07. The summed E-state index contributed by atoms with van der Waals surface area (Å²) in [4.78, 5) is 26.1. The lowest BCUT2D eigenvalue weighted by atomic mass is 9.84. The second-order valence-corrected chi connectivity index (χ2v) is 10.1. The molecule has 0 unspecified atom stereocenters. The number of carbonyl (C=O) groups is 1. The molecule has 1 aromatic heterocycles. The van der Waals surface area contributed by atoms with Gasteiger partial charge in [0, 0.05) is 37.6 Å². The number of nitrogens with one attached hydrogen (secondary N) is 1. The summed E-state index contributed by atoms with van der Waals surface area (Å²) in [6.45, 7) is 7.72. The molecule has 3 N–H and O–H groups in total. The van der Waals surface area contributed by atoms with Crippen LogP contribution in [0.25, 0.3) is 10.9 Å². The number of halogens is 3. The fourth-order valence-electron chi connectivity index (χ4n) is 5.27. The first-order valence-corrected chi connectivity index (χ1v) is 12.5. The van der Waals surface area contributed by atoms with Crippen molar-refractivity contribution in [3.05, 3.63) is 30.1 Å². The summed E-state index contributed by atoms with van der Waals surface area (Å²) in [7, 11) is 0. The molecule has 1 amide bonds. The van der Waals surface area contributed by atoms with Crippen LogP contribution in [0.2, 0.25) is 0 Å². The smallest absolute Gasteiger partial charge is 0.368 e. The second-order valence-electron chi connectivity index (χ2n) is 10.1. The van der Waals surface area contributed by atoms with Crippen molar-refractivity contribution in [3.63, 3.8) is 0 Å². The topological polar surface area (TPSA) is 87.4 Å². The van der Waals surface area contributed by atoms with E-state index in [0.717, 1.165) is 37.1 Å². The van der Waals surface area contributed by atoms with Gasteiger partial charge in [0.2, 0.25) is 5.91 Å². The molecule has 1 saturated carbocycles. The average molecular weight is 493 g/mol. The van der Waals surface area contributed by atoms with E-state index in [2.05, 4.69) is 15.1 Å². The van der Waals surface area contributed by atoms with E-state index in [1.165, 1.54) is 0 Å². The molecule has 192 valence electrons. The first kappa shape index (κ1) is 25.6. The molecule has 2 aliphatic rings. The van der Waals surface area contributed by atoms with Crippen LogP contribution in [0.4, 0.5) is 19.0 Å². The minimum absolute atomic E-state index is 0.00366. The van der Waals surface area contributed by atoms with Gasteiger partial charge in [0.25, 0.3) is 0 Å². The van der Waals surface area contributed by atoms with Crippen LogP contribution in [0.15, 0.2) is 24.3 Å². The SMILES string of the molecule is CC(C)[C@H](Nc1nc(CN2CCN(C3CCC(C(F)(F)F)CC3)CC2)nc2ccccc12)C(N)=O. The van der Waals surface area contributed by atoms with Crippen LogP contribution in [0, 0.1) is 11.8 Å². The van der Waals surface area contributed by atoms with E-state index in [-0.39, 0.29) is 24.8 Å². The van der Waals surface area contributed by atoms with E-state index in [1.54, 1.807) is 0 Å². The summed E-state index contributed by atoms with van der Waals surface area (Å²) in [5.74, 6) is -0.299. The van der Waals surface area contributed by atoms with Crippen LogP contribution in [-0.4, -0.2) is 70.1 Å². The number of para-hydroxylation sites is 1. The summed E-state index contributed by atoms with van der Waals surface area (Å²) in [6, 6.07) is 7.37. The van der Waals surface area contributed by atoms with Gasteiger partial charge in [-0.2, -0.15) is 13.2 Å². The van der Waals surface area contributed by atoms with Crippen molar-refractivity contribution in [3.8, 4) is 0 Å². The maximum absolute atomic E-state index is 13.0. The number of anilines is 1. The highest BCUT2D eigenvalue weighted by molar-refractivity contribution is 5.91. The van der Waals surface area contributed by atoms with E-state index >= 15 is 0 Å². The number of fused-ring (bicyclic) bond motifs is 1. The fraction of sp³-hybridized carbons (Fsp3) is 0.640. The third-order valence-corrected chi connectivity index (χ3v) is 7.36. The maximum atomic E-state index is 13.0. The molecule has 0 spiro atoms. The Bertz CT molecular complexity index is 1010. The predicted octanol–water partition coefficient (Wildman–Crippen LogP) is 3.79. The van der Waals surface area contributed by atoms with Gasteiger partial charge in [-0.25, -0.2) is 9.97 Å². The van der Waals surface area contributed by atoms with Crippen LogP contribution in [0.3, 0.4) is 0 Å². The molecule has 2 aromatic rings. The minimum Gasteiger partial charge on any atom is -0.368 e. The van der Waals surface area contributed by atoms with Crippen LogP contribution >= 0.6 is 0 Å². The highest BCUT2D eigenvalue weighted by Gasteiger charge is 2.42. The fourth-order valence-corrected chi connectivity index (χ4v) is 5.27. The van der Waals surface area contributed by atoms with Crippen molar-refractivity contribution in [1.29, 1.82) is 0 Å². The molecule has 0 radical (unpaired) electrons. The number of carbonyl (C=O) groups excluding carboxylic acids is 1. The van der Waals surface area contributed by atoms with Gasteiger partial charge in [0.1, 0.15) is 17.7 Å². The Morgan fingerprint density at radius 2 is 1.74 bits per heavy atom. The quantitative estimate of drug-likeness (QED) is 0.612. The largest absolute Gasteiger partial charge is 0.391 e. The molecular weight excluding hydrogens is 457 g/mol. The van der Waals surface area contributed by atoms with Gasteiger partial charge >= 0.3 is 6.18 Å². The van der Waals surface area contributed by atoms with Crippen LogP contribution < -0.4 is 11.1 Å². The Balaban J connectivity index is 1.39. The van der Waals surface area contributed by atoms with E-state index in [0.29, 0.717) is 31.0 Å². The number of rotatable bonds is 7. The number of alkyl halides is 3. The zero-order valence-electron chi connectivity index (χ0n) is 20.4. The molecule has 1 aromatic carbocycles. The maximum Gasteiger partial charge on any atom is 0.391 e. The van der Waals surface area contributed by atoms with Gasteiger partial charge in [0.05, 0.1) is 18.0 Å². The van der Waals surface area contributed by atoms with Gasteiger partial charge in [-0.1, -0.05) is 26.0 Å². The van der Waals surface area contributed by atoms with Crippen LogP contribution in [0.5, 0.6) is 0 Å². The molecule has 7 nitrogen and oxygen atoms in total. The number of piperazine rings is 1. The Morgan fingerprint density at radius 3 is 2.34 bits per heavy atom. The van der Waals surface area contributed by atoms with Gasteiger partial charge in [-0.3, -0.25) is 14.6 Å². The summed E-state index contributed by atoms with van der Waals surface area (Å²) < 4.78 is 39.0. The van der Waals surface area contributed by atoms with Crippen molar-refractivity contribution in [1.82, 2.24) is 19.8 Å². The number of hydrogen-bond donors (Lipinski definition) is 2. The molecule has 10 heteroatoms. The standard InChI is InChI=1S/C25H35F3N6O/c1-16(2)22(23(29)35)32-24-19-5-3-4-6-20(19)30-21(31-24)15-33-11-13-34(14-12-33)18-9-7-17(8-10-18)25(26,27)28/h3-6,16-18,22H,7-15H2,1-2H3,(H2,29,35)(H,30,31,32)/t17?,18?,22-/m0/s1. The van der Waals surface area contributed by atoms with Gasteiger partial charge in [-0.15, -0.1) is 0 Å². The summed E-state index contributed by atoms with van der Waals surface area (Å²) in [5, 5.41) is 4.07. The molecule has 2 fully saturated rings. The number of hydrogen-bond acceptors (Lipinski definition) is 6. The van der Waals surface area contributed by atoms with Crippen molar-refractivity contribution in [2.45, 2.75) is 64.3 Å². The molecule has 1 aliphatic carbocycles. The lowest BCUT2D eigenvalue weighted by Gasteiger charge is -2.42. The highest BCUT2D eigenvalue weighted by atomic mass is 19.4. The third kappa shape index (κ3) is 6.22. The molecule has 4 rings (SSSR count). The number of aromatic nitrogens is 2. The normalized spacial score (nSPS) is 23.5. The number of amides is 1. The van der Waals surface area contributed by atoms with Gasteiger partial charge < -0.3 is 11.1 Å². The summed E-state index contributed by atoms with van der Waals surface area (Å²) in [6.07, 6.45) is -2.37. The number of benzene rings is 1. The lowest BCUT2D eigenvalue weighted by molar-refractivity contribution is -0.184. The van der Waals surface area contributed by atoms with Crippen LogP contribution in [-0.2, 0) is 11.3 Å². The van der Waals surface area contributed by atoms with E-state index in [9.17, 15) is 18.0 Å². The highest BCUT2D eigenvalue weighted by Crippen LogP contribution is 2.38. The Labute approximate surface area is 204 Å². The summed E-state index contributed by atoms with van der Waals surface area (Å²) >= 11 is 0. The monoisotopic (exact) mass is 492 g/mol. The van der Waals surface area contributed by atoms with Crippen molar-refractivity contribution in [2.24, 2.45) is 17.6 Å². The average Bonchev–Trinajstić information content (AvgIpc) is 2.82. The number of nitrogens with zero attached hydrogens (tertiary/aromatic N) is 4. The van der Waals surface area contributed by atoms with Crippen molar-refractivity contribution >= 4 is 22.6 Å². The molecule has 1 atom stereocenters. The Morgan fingerprint density at radius 1 is 1.09 bits per heavy atom. The molecule has 1 aliphatic heterocycles. The number of primary amides is 1.